The second-order valence-electron chi connectivity index (χ2n) is 2.08. The molecule has 0 aliphatic rings. The van der Waals surface area contributed by atoms with Gasteiger partial charge in [0, 0.05) is 21.8 Å². The molecule has 58 valence electrons. The molecule has 12 heavy (non-hydrogen) atoms. The van der Waals surface area contributed by atoms with Crippen molar-refractivity contribution in [3.63, 3.8) is 0 Å². The van der Waals surface area contributed by atoms with Crippen LogP contribution < -0.4 is 4.34 Å². The Labute approximate surface area is 78.6 Å². The Bertz CT molecular complexity index is 373. The molecule has 0 saturated heterocycles. The first-order valence-corrected chi connectivity index (χ1v) is 3.92. The first-order chi connectivity index (χ1) is 5.81. The number of hydrogen-bond acceptors (Lipinski definition) is 3. The van der Waals surface area contributed by atoms with Gasteiger partial charge in [-0.3, -0.25) is 0 Å². The highest BCUT2D eigenvalue weighted by Crippen LogP contribution is 2.15. The van der Waals surface area contributed by atoms with E-state index in [0.29, 0.717) is 11.1 Å². The van der Waals surface area contributed by atoms with E-state index in [1.165, 1.54) is 0 Å². The lowest BCUT2D eigenvalue weighted by Crippen LogP contribution is -1.86. The van der Waals surface area contributed by atoms with E-state index in [2.05, 4.69) is 20.5 Å². The third-order valence-corrected chi connectivity index (χ3v) is 1.83. The lowest BCUT2D eigenvalue weighted by molar-refractivity contribution is 1.43. The van der Waals surface area contributed by atoms with E-state index in [1.54, 1.807) is 18.2 Å². The lowest BCUT2D eigenvalue weighted by Gasteiger charge is -1.98. The Morgan fingerprint density at radius 1 is 1.17 bits per heavy atom. The summed E-state index contributed by atoms with van der Waals surface area (Å²) in [5.41, 5.74) is 1.52. The highest BCUT2D eigenvalue weighted by Gasteiger charge is 2.00. The maximum absolute atomic E-state index is 8.63. The number of nitrogens with zero attached hydrogens (tertiary/aromatic N) is 2. The van der Waals surface area contributed by atoms with Gasteiger partial charge in [-0.2, -0.15) is 10.5 Å². The maximum Gasteiger partial charge on any atom is 0.101 e. The smallest absolute Gasteiger partial charge is 0.101 e. The van der Waals surface area contributed by atoms with Crippen molar-refractivity contribution in [2.24, 2.45) is 0 Å². The molecule has 0 fully saturated rings. The van der Waals surface area contributed by atoms with E-state index in [1.807, 2.05) is 12.1 Å². The first-order valence-electron chi connectivity index (χ1n) is 3.12. The largest absolute Gasteiger partial charge is 0.322 e. The van der Waals surface area contributed by atoms with E-state index < -0.39 is 0 Å². The van der Waals surface area contributed by atoms with Gasteiger partial charge in [0.2, 0.25) is 0 Å². The summed E-state index contributed by atoms with van der Waals surface area (Å²) in [5, 5.41) is 17.2. The fourth-order valence-corrected chi connectivity index (χ4v) is 1.04. The number of nitrogens with one attached hydrogen (secondary N) is 1. The van der Waals surface area contributed by atoms with Gasteiger partial charge in [-0.25, -0.2) is 0 Å². The minimum absolute atomic E-state index is 0.377. The summed E-state index contributed by atoms with van der Waals surface area (Å²) in [6.07, 6.45) is 0. The van der Waals surface area contributed by atoms with Crippen LogP contribution in [-0.2, 0) is 0 Å². The summed E-state index contributed by atoms with van der Waals surface area (Å²) in [7, 11) is 0. The van der Waals surface area contributed by atoms with Crippen molar-refractivity contribution in [2.45, 2.75) is 0 Å². The molecular formula is C8H4BrN3. The first kappa shape index (κ1) is 8.58. The van der Waals surface area contributed by atoms with Gasteiger partial charge in [-0.15, -0.1) is 0 Å². The summed E-state index contributed by atoms with van der Waals surface area (Å²) < 4.78 is 2.70. The molecule has 4 heteroatoms. The predicted molar refractivity (Wildman–Crippen MR) is 48.4 cm³/mol. The molecule has 0 unspecified atom stereocenters. The monoisotopic (exact) mass is 221 g/mol. The van der Waals surface area contributed by atoms with Gasteiger partial charge in [-0.05, 0) is 18.2 Å². The normalized spacial score (nSPS) is 8.25. The molecule has 0 bridgehead atoms. The van der Waals surface area contributed by atoms with Crippen LogP contribution in [0.15, 0.2) is 18.2 Å². The van der Waals surface area contributed by atoms with Crippen molar-refractivity contribution in [3.8, 4) is 12.1 Å². The third-order valence-electron chi connectivity index (χ3n) is 1.37. The average Bonchev–Trinajstić information content (AvgIpc) is 2.16. The summed E-state index contributed by atoms with van der Waals surface area (Å²) >= 11 is 3.02. The molecule has 0 aromatic heterocycles. The fourth-order valence-electron chi connectivity index (χ4n) is 0.793. The molecule has 1 aromatic rings. The molecule has 0 aliphatic carbocycles. The second kappa shape index (κ2) is 3.75. The van der Waals surface area contributed by atoms with Crippen LogP contribution in [0.5, 0.6) is 0 Å². The highest BCUT2D eigenvalue weighted by atomic mass is 79.9. The van der Waals surface area contributed by atoms with Crippen molar-refractivity contribution in [2.75, 3.05) is 4.34 Å². The van der Waals surface area contributed by atoms with Crippen LogP contribution in [-0.4, -0.2) is 0 Å². The minimum atomic E-state index is 0.377. The highest BCUT2D eigenvalue weighted by molar-refractivity contribution is 9.10. The van der Waals surface area contributed by atoms with Crippen LogP contribution in [0.2, 0.25) is 0 Å². The summed E-state index contributed by atoms with van der Waals surface area (Å²) in [6, 6.07) is 8.79. The van der Waals surface area contributed by atoms with E-state index in [4.69, 9.17) is 10.5 Å². The quantitative estimate of drug-likeness (QED) is 0.740. The average molecular weight is 222 g/mol. The van der Waals surface area contributed by atoms with Crippen LogP contribution >= 0.6 is 16.1 Å². The molecule has 0 aliphatic heterocycles. The number of nitriles is 2. The topological polar surface area (TPSA) is 59.6 Å². The standard InChI is InChI=1S/C8H4BrN3/c9-12-8-2-1-6(4-10)7(3-8)5-11/h1-3,12H. The Kier molecular flexibility index (Phi) is 2.68. The summed E-state index contributed by atoms with van der Waals surface area (Å²) in [6.45, 7) is 0. The van der Waals surface area contributed by atoms with Gasteiger partial charge in [-0.1, -0.05) is 0 Å². The molecule has 0 atom stereocenters. The third kappa shape index (κ3) is 1.55. The molecule has 3 nitrogen and oxygen atoms in total. The van der Waals surface area contributed by atoms with E-state index in [-0.39, 0.29) is 0 Å². The summed E-state index contributed by atoms with van der Waals surface area (Å²) in [5.74, 6) is 0. The molecule has 0 radical (unpaired) electrons. The second-order valence-corrected chi connectivity index (χ2v) is 2.47. The van der Waals surface area contributed by atoms with Crippen LogP contribution in [0.3, 0.4) is 0 Å². The van der Waals surface area contributed by atoms with Crippen LogP contribution in [0, 0.1) is 22.7 Å². The van der Waals surface area contributed by atoms with Gasteiger partial charge in [0.05, 0.1) is 11.1 Å². The van der Waals surface area contributed by atoms with Gasteiger partial charge in [0.25, 0.3) is 0 Å². The zero-order valence-corrected chi connectivity index (χ0v) is 7.59. The Hall–Kier alpha value is -1.52. The number of benzene rings is 1. The molecule has 0 saturated carbocycles. The molecule has 0 amide bonds. The number of hydrogen-bond donors (Lipinski definition) is 1. The van der Waals surface area contributed by atoms with Crippen molar-refractivity contribution in [1.82, 2.24) is 0 Å². The Morgan fingerprint density at radius 3 is 2.33 bits per heavy atom. The van der Waals surface area contributed by atoms with Crippen molar-refractivity contribution in [3.05, 3.63) is 29.3 Å². The molecular weight excluding hydrogens is 218 g/mol. The lowest BCUT2D eigenvalue weighted by atomic mass is 10.1. The van der Waals surface area contributed by atoms with E-state index in [0.717, 1.165) is 5.69 Å². The molecule has 1 aromatic carbocycles. The van der Waals surface area contributed by atoms with Gasteiger partial charge >= 0.3 is 0 Å². The van der Waals surface area contributed by atoms with Crippen molar-refractivity contribution in [1.29, 1.82) is 10.5 Å². The Balaban J connectivity index is 3.25. The van der Waals surface area contributed by atoms with E-state index >= 15 is 0 Å². The van der Waals surface area contributed by atoms with Crippen LogP contribution in [0.1, 0.15) is 11.1 Å². The van der Waals surface area contributed by atoms with Crippen molar-refractivity contribution >= 4 is 21.8 Å². The molecule has 1 N–H and O–H groups in total. The zero-order valence-electron chi connectivity index (χ0n) is 6.00. The zero-order chi connectivity index (χ0) is 8.97. The fraction of sp³-hybridized carbons (Fsp3) is 0. The number of rotatable bonds is 1. The van der Waals surface area contributed by atoms with E-state index in [9.17, 15) is 0 Å². The van der Waals surface area contributed by atoms with Crippen molar-refractivity contribution < 1.29 is 0 Å². The minimum Gasteiger partial charge on any atom is -0.322 e. The van der Waals surface area contributed by atoms with Gasteiger partial charge in [0.15, 0.2) is 0 Å². The Morgan fingerprint density at radius 2 is 1.83 bits per heavy atom. The van der Waals surface area contributed by atoms with Crippen LogP contribution in [0.25, 0.3) is 0 Å². The molecule has 0 spiro atoms. The number of halogens is 1. The maximum atomic E-state index is 8.63. The molecule has 1 rings (SSSR count). The predicted octanol–water partition coefficient (Wildman–Crippen LogP) is 2.15. The SMILES string of the molecule is N#Cc1ccc(NBr)cc1C#N. The van der Waals surface area contributed by atoms with Gasteiger partial charge in [0.1, 0.15) is 12.1 Å². The van der Waals surface area contributed by atoms with Gasteiger partial charge < -0.3 is 4.34 Å². The number of anilines is 1. The summed E-state index contributed by atoms with van der Waals surface area (Å²) in [4.78, 5) is 0. The molecule has 0 heterocycles. The van der Waals surface area contributed by atoms with Crippen LogP contribution in [0.4, 0.5) is 5.69 Å².